The van der Waals surface area contributed by atoms with E-state index in [4.69, 9.17) is 0 Å². The van der Waals surface area contributed by atoms with E-state index >= 15 is 0 Å². The largest absolute Gasteiger partial charge is 0.324 e. The second-order valence-electron chi connectivity index (χ2n) is 8.41. The highest BCUT2D eigenvalue weighted by molar-refractivity contribution is 7.98. The molecule has 0 saturated carbocycles. The smallest absolute Gasteiger partial charge is 0.250 e. The Morgan fingerprint density at radius 1 is 1.17 bits per heavy atom. The summed E-state index contributed by atoms with van der Waals surface area (Å²) < 4.78 is 0. The first kappa shape index (κ1) is 20.4. The van der Waals surface area contributed by atoms with Crippen molar-refractivity contribution in [2.75, 3.05) is 23.9 Å². The van der Waals surface area contributed by atoms with E-state index in [-0.39, 0.29) is 23.8 Å². The lowest BCUT2D eigenvalue weighted by Gasteiger charge is -2.29. The van der Waals surface area contributed by atoms with Gasteiger partial charge in [0, 0.05) is 23.8 Å². The Morgan fingerprint density at radius 3 is 2.62 bits per heavy atom. The summed E-state index contributed by atoms with van der Waals surface area (Å²) in [5, 5.41) is 6.53. The molecule has 2 N–H and O–H groups in total. The molecule has 0 aromatic heterocycles. The molecule has 0 radical (unpaired) electrons. The molecule has 1 spiro atoms. The number of aryl methyl sites for hydroxylation is 1. The van der Waals surface area contributed by atoms with E-state index in [1.807, 2.05) is 39.2 Å². The fourth-order valence-electron chi connectivity index (χ4n) is 5.21. The Kier molecular flexibility index (Phi) is 5.23. The molecule has 4 atom stereocenters. The van der Waals surface area contributed by atoms with Crippen LogP contribution in [0.15, 0.2) is 12.1 Å². The summed E-state index contributed by atoms with van der Waals surface area (Å²) in [7, 11) is 0. The van der Waals surface area contributed by atoms with Gasteiger partial charge in [0.25, 0.3) is 0 Å². The van der Waals surface area contributed by atoms with Gasteiger partial charge < -0.3 is 5.32 Å². The molecular formula is C22H29N3O3S. The van der Waals surface area contributed by atoms with Crippen LogP contribution in [0.3, 0.4) is 0 Å². The molecule has 3 aliphatic rings. The second-order valence-corrected chi connectivity index (χ2v) is 9.40. The van der Waals surface area contributed by atoms with Gasteiger partial charge >= 0.3 is 0 Å². The van der Waals surface area contributed by atoms with Crippen LogP contribution in [0.4, 0.5) is 5.69 Å². The van der Waals surface area contributed by atoms with Crippen molar-refractivity contribution in [3.05, 3.63) is 28.8 Å². The number of carbonyl (C=O) groups is 3. The molecule has 0 aliphatic carbocycles. The van der Waals surface area contributed by atoms with Crippen molar-refractivity contribution in [2.45, 2.75) is 51.6 Å². The Hall–Kier alpha value is -1.86. The van der Waals surface area contributed by atoms with Crippen molar-refractivity contribution in [2.24, 2.45) is 11.8 Å². The standard InChI is InChI=1S/C22H29N3O3S/c1-5-6-10-25-19(26)16-15(9-11-29-4)24-22(17(16)20(25)27)14-8-7-12(2)13(3)18(14)23-21(22)28/h7-8,15-17,24H,5-6,9-11H2,1-4H3,(H,23,28). The summed E-state index contributed by atoms with van der Waals surface area (Å²) in [5.41, 5.74) is 2.55. The van der Waals surface area contributed by atoms with Gasteiger partial charge in [0.1, 0.15) is 5.54 Å². The molecule has 3 heterocycles. The zero-order valence-corrected chi connectivity index (χ0v) is 18.3. The summed E-state index contributed by atoms with van der Waals surface area (Å²) in [4.78, 5) is 41.6. The number of rotatable bonds is 6. The van der Waals surface area contributed by atoms with Crippen LogP contribution in [0.1, 0.15) is 42.9 Å². The number of unbranched alkanes of at least 4 members (excludes halogenated alkanes) is 1. The van der Waals surface area contributed by atoms with Crippen molar-refractivity contribution in [3.63, 3.8) is 0 Å². The highest BCUT2D eigenvalue weighted by Gasteiger charge is 2.70. The Bertz CT molecular complexity index is 886. The number of carbonyl (C=O) groups excluding carboxylic acids is 3. The minimum atomic E-state index is -1.16. The number of thioether (sulfide) groups is 1. The normalized spacial score (nSPS) is 30.3. The van der Waals surface area contributed by atoms with Gasteiger partial charge in [-0.2, -0.15) is 11.8 Å². The van der Waals surface area contributed by atoms with Crippen LogP contribution in [0.2, 0.25) is 0 Å². The highest BCUT2D eigenvalue weighted by Crippen LogP contribution is 2.54. The number of fused-ring (bicyclic) bond motifs is 4. The molecule has 3 amide bonds. The first-order valence-electron chi connectivity index (χ1n) is 10.4. The zero-order chi connectivity index (χ0) is 20.9. The fourth-order valence-corrected chi connectivity index (χ4v) is 5.70. The van der Waals surface area contributed by atoms with E-state index in [1.165, 1.54) is 4.90 Å². The van der Waals surface area contributed by atoms with E-state index < -0.39 is 17.4 Å². The first-order chi connectivity index (χ1) is 13.9. The van der Waals surface area contributed by atoms with Crippen LogP contribution in [0.25, 0.3) is 0 Å². The van der Waals surface area contributed by atoms with Gasteiger partial charge in [0.15, 0.2) is 0 Å². The average Bonchev–Trinajstić information content (AvgIpc) is 3.27. The molecule has 6 nitrogen and oxygen atoms in total. The number of benzene rings is 1. The minimum absolute atomic E-state index is 0.117. The molecule has 4 unspecified atom stereocenters. The van der Waals surface area contributed by atoms with E-state index in [9.17, 15) is 14.4 Å². The molecule has 2 fully saturated rings. The third kappa shape index (κ3) is 2.77. The first-order valence-corrected chi connectivity index (χ1v) is 11.8. The number of imide groups is 1. The van der Waals surface area contributed by atoms with Gasteiger partial charge in [-0.1, -0.05) is 25.5 Å². The van der Waals surface area contributed by atoms with Crippen LogP contribution in [0, 0.1) is 25.7 Å². The molecule has 1 aromatic rings. The number of nitrogens with one attached hydrogen (secondary N) is 2. The van der Waals surface area contributed by atoms with Crippen molar-refractivity contribution in [3.8, 4) is 0 Å². The van der Waals surface area contributed by atoms with Crippen LogP contribution < -0.4 is 10.6 Å². The number of amides is 3. The van der Waals surface area contributed by atoms with Crippen LogP contribution in [0.5, 0.6) is 0 Å². The maximum atomic E-state index is 13.5. The minimum Gasteiger partial charge on any atom is -0.324 e. The molecule has 29 heavy (non-hydrogen) atoms. The molecule has 4 rings (SSSR count). The van der Waals surface area contributed by atoms with E-state index in [2.05, 4.69) is 10.6 Å². The molecule has 3 aliphatic heterocycles. The van der Waals surface area contributed by atoms with Crippen molar-refractivity contribution < 1.29 is 14.4 Å². The number of anilines is 1. The zero-order valence-electron chi connectivity index (χ0n) is 17.5. The summed E-state index contributed by atoms with van der Waals surface area (Å²) >= 11 is 1.71. The third-order valence-corrected chi connectivity index (χ3v) is 7.53. The lowest BCUT2D eigenvalue weighted by atomic mass is 9.76. The Labute approximate surface area is 176 Å². The quantitative estimate of drug-likeness (QED) is 0.698. The summed E-state index contributed by atoms with van der Waals surface area (Å²) in [5.74, 6) is -0.814. The monoisotopic (exact) mass is 415 g/mol. The van der Waals surface area contributed by atoms with Gasteiger partial charge in [-0.05, 0) is 49.8 Å². The summed E-state index contributed by atoms with van der Waals surface area (Å²) in [6.07, 6.45) is 4.47. The third-order valence-electron chi connectivity index (χ3n) is 6.88. The van der Waals surface area contributed by atoms with Gasteiger partial charge in [0.2, 0.25) is 17.7 Å². The van der Waals surface area contributed by atoms with Gasteiger partial charge in [0.05, 0.1) is 11.8 Å². The predicted molar refractivity (Wildman–Crippen MR) is 115 cm³/mol. The SMILES string of the molecule is CCCCN1C(=O)C2C(CCSC)NC3(C(=O)Nc4c3ccc(C)c4C)C2C1=O. The molecule has 156 valence electrons. The van der Waals surface area contributed by atoms with Crippen molar-refractivity contribution in [1.82, 2.24) is 10.2 Å². The van der Waals surface area contributed by atoms with Crippen molar-refractivity contribution in [1.29, 1.82) is 0 Å². The summed E-state index contributed by atoms with van der Waals surface area (Å²) in [6.45, 7) is 6.48. The van der Waals surface area contributed by atoms with Crippen LogP contribution in [-0.4, -0.2) is 47.2 Å². The lowest BCUT2D eigenvalue weighted by molar-refractivity contribution is -0.142. The molecule has 0 bridgehead atoms. The summed E-state index contributed by atoms with van der Waals surface area (Å²) in [6, 6.07) is 3.76. The molecule has 2 saturated heterocycles. The maximum Gasteiger partial charge on any atom is 0.250 e. The van der Waals surface area contributed by atoms with E-state index in [1.54, 1.807) is 11.8 Å². The van der Waals surface area contributed by atoms with Crippen molar-refractivity contribution >= 4 is 35.2 Å². The highest BCUT2D eigenvalue weighted by atomic mass is 32.2. The fraction of sp³-hybridized carbons (Fsp3) is 0.591. The Balaban J connectivity index is 1.83. The second kappa shape index (κ2) is 7.43. The average molecular weight is 416 g/mol. The van der Waals surface area contributed by atoms with Gasteiger partial charge in [-0.3, -0.25) is 24.6 Å². The predicted octanol–water partition coefficient (Wildman–Crippen LogP) is 2.58. The van der Waals surface area contributed by atoms with Crippen LogP contribution in [-0.2, 0) is 19.9 Å². The van der Waals surface area contributed by atoms with Gasteiger partial charge in [-0.25, -0.2) is 0 Å². The topological polar surface area (TPSA) is 78.5 Å². The lowest BCUT2D eigenvalue weighted by Crippen LogP contribution is -2.53. The Morgan fingerprint density at radius 2 is 1.93 bits per heavy atom. The van der Waals surface area contributed by atoms with E-state index in [0.29, 0.717) is 6.54 Å². The van der Waals surface area contributed by atoms with Gasteiger partial charge in [-0.15, -0.1) is 0 Å². The number of likely N-dealkylation sites (tertiary alicyclic amines) is 1. The van der Waals surface area contributed by atoms with E-state index in [0.717, 1.165) is 47.4 Å². The number of hydrogen-bond acceptors (Lipinski definition) is 5. The molecule has 1 aromatic carbocycles. The molecule has 7 heteroatoms. The van der Waals surface area contributed by atoms with Crippen LogP contribution >= 0.6 is 11.8 Å². The number of hydrogen-bond donors (Lipinski definition) is 2. The maximum absolute atomic E-state index is 13.5. The molecular weight excluding hydrogens is 386 g/mol. The number of nitrogens with zero attached hydrogens (tertiary/aromatic N) is 1.